The predicted molar refractivity (Wildman–Crippen MR) is 187 cm³/mol. The summed E-state index contributed by atoms with van der Waals surface area (Å²) < 4.78 is 35.5. The zero-order chi connectivity index (χ0) is 34.1. The summed E-state index contributed by atoms with van der Waals surface area (Å²) in [5, 5.41) is 3.07. The zero-order valence-electron chi connectivity index (χ0n) is 28.1. The second kappa shape index (κ2) is 15.8. The Morgan fingerprint density at radius 2 is 1.40 bits per heavy atom. The molecule has 0 spiro atoms. The van der Waals surface area contributed by atoms with Gasteiger partial charge in [0.15, 0.2) is 0 Å². The highest BCUT2D eigenvalue weighted by Gasteiger charge is 2.36. The number of carbonyl (C=O) groups excluding carboxylic acids is 2. The Hall–Kier alpha value is -4.63. The normalized spacial score (nSPS) is 12.6. The van der Waals surface area contributed by atoms with E-state index in [1.54, 1.807) is 24.3 Å². The smallest absolute Gasteiger partial charge is 0.264 e. The van der Waals surface area contributed by atoms with E-state index in [1.165, 1.54) is 24.1 Å². The highest BCUT2D eigenvalue weighted by Crippen LogP contribution is 2.34. The lowest BCUT2D eigenvalue weighted by Gasteiger charge is -2.34. The number of hydrogen-bond acceptors (Lipinski definition) is 5. The van der Waals surface area contributed by atoms with Crippen molar-refractivity contribution in [3.63, 3.8) is 0 Å². The maximum Gasteiger partial charge on any atom is 0.264 e. The van der Waals surface area contributed by atoms with Crippen LogP contribution >= 0.6 is 0 Å². The highest BCUT2D eigenvalue weighted by molar-refractivity contribution is 7.92. The molecule has 9 heteroatoms. The molecule has 0 aliphatic heterocycles. The van der Waals surface area contributed by atoms with Crippen LogP contribution in [0.25, 0.3) is 0 Å². The van der Waals surface area contributed by atoms with Crippen molar-refractivity contribution < 1.29 is 22.7 Å². The average Bonchev–Trinajstić information content (AvgIpc) is 3.06. The number of nitrogens with one attached hydrogen (secondary N) is 1. The van der Waals surface area contributed by atoms with Crippen LogP contribution in [0.3, 0.4) is 0 Å². The number of ether oxygens (including phenoxy) is 1. The number of anilines is 1. The van der Waals surface area contributed by atoms with Gasteiger partial charge in [-0.15, -0.1) is 0 Å². The maximum absolute atomic E-state index is 14.7. The molecule has 4 aromatic rings. The summed E-state index contributed by atoms with van der Waals surface area (Å²) >= 11 is 0. The van der Waals surface area contributed by atoms with Crippen molar-refractivity contribution in [2.75, 3.05) is 18.0 Å². The number of methoxy groups -OCH3 is 1. The van der Waals surface area contributed by atoms with Crippen LogP contribution in [0.1, 0.15) is 48.1 Å². The standard InChI is InChI=1S/C38H45N3O5S/c1-7-30(5)39-38(43)35(24-31-11-9-8-10-12-31)40(25-32-18-13-27(2)14-19-32)37(42)26-41(34-23-29(4)17-22-36(34)46-6)47(44,45)33-20-15-28(3)16-21-33/h8-23,30,35H,7,24-26H2,1-6H3,(H,39,43)/t30-,35-/m1/s1. The number of nitrogens with zero attached hydrogens (tertiary/aromatic N) is 2. The monoisotopic (exact) mass is 655 g/mol. The summed E-state index contributed by atoms with van der Waals surface area (Å²) in [5.74, 6) is -0.519. The van der Waals surface area contributed by atoms with Crippen molar-refractivity contribution in [1.82, 2.24) is 10.2 Å². The first-order valence-electron chi connectivity index (χ1n) is 15.9. The third-order valence-electron chi connectivity index (χ3n) is 8.24. The molecular formula is C38H45N3O5S. The minimum atomic E-state index is -4.25. The molecule has 0 radical (unpaired) electrons. The van der Waals surface area contributed by atoms with Crippen LogP contribution in [0.4, 0.5) is 5.69 Å². The molecule has 0 saturated carbocycles. The van der Waals surface area contributed by atoms with Crippen LogP contribution in [0.2, 0.25) is 0 Å². The van der Waals surface area contributed by atoms with E-state index in [1.807, 2.05) is 95.3 Å². The fraction of sp³-hybridized carbons (Fsp3) is 0.316. The Morgan fingerprint density at radius 3 is 2.00 bits per heavy atom. The molecule has 0 aliphatic rings. The average molecular weight is 656 g/mol. The van der Waals surface area contributed by atoms with Gasteiger partial charge in [0.25, 0.3) is 10.0 Å². The quantitative estimate of drug-likeness (QED) is 0.170. The van der Waals surface area contributed by atoms with Crippen LogP contribution in [-0.4, -0.2) is 50.9 Å². The summed E-state index contributed by atoms with van der Waals surface area (Å²) in [6.45, 7) is 9.16. The molecule has 0 aliphatic carbocycles. The first-order valence-corrected chi connectivity index (χ1v) is 17.3. The molecule has 0 heterocycles. The molecule has 2 amide bonds. The second-order valence-corrected chi connectivity index (χ2v) is 13.9. The van der Waals surface area contributed by atoms with Gasteiger partial charge in [0.05, 0.1) is 17.7 Å². The Labute approximate surface area is 279 Å². The molecule has 4 aromatic carbocycles. The Bertz CT molecular complexity index is 1760. The van der Waals surface area contributed by atoms with Gasteiger partial charge in [-0.1, -0.05) is 90.8 Å². The molecule has 0 fully saturated rings. The van der Waals surface area contributed by atoms with Crippen molar-refractivity contribution in [3.8, 4) is 5.75 Å². The van der Waals surface area contributed by atoms with E-state index in [2.05, 4.69) is 5.32 Å². The topological polar surface area (TPSA) is 96.0 Å². The molecule has 2 atom stereocenters. The summed E-state index contributed by atoms with van der Waals surface area (Å²) in [5.41, 5.74) is 4.69. The minimum absolute atomic E-state index is 0.0416. The van der Waals surface area contributed by atoms with E-state index in [0.29, 0.717) is 12.2 Å². The molecule has 0 aromatic heterocycles. The van der Waals surface area contributed by atoms with Gasteiger partial charge in [-0.3, -0.25) is 13.9 Å². The molecule has 4 rings (SSSR count). The minimum Gasteiger partial charge on any atom is -0.495 e. The Morgan fingerprint density at radius 1 is 0.809 bits per heavy atom. The van der Waals surface area contributed by atoms with Crippen molar-refractivity contribution >= 4 is 27.5 Å². The van der Waals surface area contributed by atoms with Gasteiger partial charge < -0.3 is 15.0 Å². The van der Waals surface area contributed by atoms with Gasteiger partial charge in [0.1, 0.15) is 18.3 Å². The van der Waals surface area contributed by atoms with Crippen molar-refractivity contribution in [2.45, 2.75) is 71.0 Å². The summed E-state index contributed by atoms with van der Waals surface area (Å²) in [4.78, 5) is 30.3. The van der Waals surface area contributed by atoms with Crippen LogP contribution in [0.15, 0.2) is 102 Å². The lowest BCUT2D eigenvalue weighted by Crippen LogP contribution is -2.54. The van der Waals surface area contributed by atoms with Gasteiger partial charge in [-0.2, -0.15) is 0 Å². The van der Waals surface area contributed by atoms with Crippen LogP contribution in [-0.2, 0) is 32.6 Å². The highest BCUT2D eigenvalue weighted by atomic mass is 32.2. The van der Waals surface area contributed by atoms with Gasteiger partial charge >= 0.3 is 0 Å². The van der Waals surface area contributed by atoms with E-state index >= 15 is 0 Å². The van der Waals surface area contributed by atoms with E-state index in [9.17, 15) is 18.0 Å². The fourth-order valence-corrected chi connectivity index (χ4v) is 6.65. The Kier molecular flexibility index (Phi) is 11.8. The van der Waals surface area contributed by atoms with E-state index in [-0.39, 0.29) is 35.5 Å². The molecule has 0 bridgehead atoms. The fourth-order valence-electron chi connectivity index (χ4n) is 5.23. The lowest BCUT2D eigenvalue weighted by molar-refractivity contribution is -0.140. The van der Waals surface area contributed by atoms with Gasteiger partial charge in [-0.05, 0) is 75.1 Å². The third-order valence-corrected chi connectivity index (χ3v) is 10.0. The molecule has 0 saturated heterocycles. The van der Waals surface area contributed by atoms with Crippen LogP contribution in [0, 0.1) is 20.8 Å². The zero-order valence-corrected chi connectivity index (χ0v) is 28.9. The number of amides is 2. The molecule has 8 nitrogen and oxygen atoms in total. The van der Waals surface area contributed by atoms with Crippen molar-refractivity contribution in [2.24, 2.45) is 0 Å². The second-order valence-electron chi connectivity index (χ2n) is 12.0. The first-order chi connectivity index (χ1) is 22.4. The van der Waals surface area contributed by atoms with E-state index in [0.717, 1.165) is 32.1 Å². The van der Waals surface area contributed by atoms with E-state index < -0.39 is 28.5 Å². The molecular weight excluding hydrogens is 611 g/mol. The Balaban J connectivity index is 1.85. The number of rotatable bonds is 14. The predicted octanol–water partition coefficient (Wildman–Crippen LogP) is 6.37. The molecule has 47 heavy (non-hydrogen) atoms. The lowest BCUT2D eigenvalue weighted by atomic mass is 10.0. The van der Waals surface area contributed by atoms with Crippen molar-refractivity contribution in [3.05, 3.63) is 125 Å². The summed E-state index contributed by atoms with van der Waals surface area (Å²) in [6.07, 6.45) is 0.963. The summed E-state index contributed by atoms with van der Waals surface area (Å²) in [6, 6.07) is 28.0. The summed E-state index contributed by atoms with van der Waals surface area (Å²) in [7, 11) is -2.79. The van der Waals surface area contributed by atoms with E-state index in [4.69, 9.17) is 4.74 Å². The first kappa shape index (κ1) is 35.2. The van der Waals surface area contributed by atoms with Crippen LogP contribution in [0.5, 0.6) is 5.75 Å². The molecule has 0 unspecified atom stereocenters. The van der Waals surface area contributed by atoms with Gasteiger partial charge in [-0.25, -0.2) is 8.42 Å². The van der Waals surface area contributed by atoms with Crippen molar-refractivity contribution in [1.29, 1.82) is 0 Å². The number of benzene rings is 4. The molecule has 1 N–H and O–H groups in total. The van der Waals surface area contributed by atoms with Gasteiger partial charge in [0, 0.05) is 19.0 Å². The van der Waals surface area contributed by atoms with Crippen LogP contribution < -0.4 is 14.4 Å². The largest absolute Gasteiger partial charge is 0.495 e. The molecule has 248 valence electrons. The number of aryl methyl sites for hydroxylation is 3. The SMILES string of the molecule is CC[C@@H](C)NC(=O)[C@@H](Cc1ccccc1)N(Cc1ccc(C)cc1)C(=O)CN(c1cc(C)ccc1OC)S(=O)(=O)c1ccc(C)cc1. The third kappa shape index (κ3) is 9.01. The number of carbonyl (C=O) groups is 2. The maximum atomic E-state index is 14.7. The number of hydrogen-bond donors (Lipinski definition) is 1. The number of sulfonamides is 1. The van der Waals surface area contributed by atoms with Gasteiger partial charge in [0.2, 0.25) is 11.8 Å².